The van der Waals surface area contributed by atoms with Gasteiger partial charge in [0.1, 0.15) is 11.5 Å². The Kier molecular flexibility index (Phi) is 3.94. The normalized spacial score (nSPS) is 30.0. The molecule has 0 bridgehead atoms. The number of rotatable bonds is 3. The Morgan fingerprint density at radius 1 is 1.26 bits per heavy atom. The van der Waals surface area contributed by atoms with Crippen LogP contribution in [0.2, 0.25) is 0 Å². The van der Waals surface area contributed by atoms with Crippen molar-refractivity contribution in [1.29, 1.82) is 0 Å². The Hall–Kier alpha value is -0.800. The second-order valence-electron chi connectivity index (χ2n) is 6.19. The van der Waals surface area contributed by atoms with Gasteiger partial charge in [0.25, 0.3) is 0 Å². The summed E-state index contributed by atoms with van der Waals surface area (Å²) in [4.78, 5) is 2.64. The van der Waals surface area contributed by atoms with Gasteiger partial charge in [-0.2, -0.15) is 0 Å². The summed E-state index contributed by atoms with van der Waals surface area (Å²) in [6, 6.07) is 5.18. The summed E-state index contributed by atoms with van der Waals surface area (Å²) in [5, 5.41) is 0. The van der Waals surface area contributed by atoms with Crippen LogP contribution in [0, 0.1) is 12.8 Å². The second kappa shape index (κ2) is 5.68. The zero-order valence-corrected chi connectivity index (χ0v) is 12.0. The smallest absolute Gasteiger partial charge is 0.122 e. The van der Waals surface area contributed by atoms with Crippen molar-refractivity contribution in [3.05, 3.63) is 23.7 Å². The third kappa shape index (κ3) is 2.59. The first-order valence-corrected chi connectivity index (χ1v) is 7.81. The lowest BCUT2D eigenvalue weighted by molar-refractivity contribution is 0.0205. The molecule has 0 amide bonds. The predicted molar refractivity (Wildman–Crippen MR) is 76.9 cm³/mol. The lowest BCUT2D eigenvalue weighted by Crippen LogP contribution is -2.49. The number of fused-ring (bicyclic) bond motifs is 1. The fourth-order valence-electron chi connectivity index (χ4n) is 4.10. The standard InChI is InChI=1S/C16H26N2O/c1-12-8-9-16(19-12)15(11-17)18-10-4-6-13-5-2-3-7-14(13)18/h8-9,13-15H,2-7,10-11,17H2,1H3/t13-,14-,15?/m1/s1. The molecule has 2 heterocycles. The second-order valence-corrected chi connectivity index (χ2v) is 6.19. The molecular formula is C16H26N2O. The van der Waals surface area contributed by atoms with Crippen molar-refractivity contribution in [1.82, 2.24) is 4.90 Å². The number of nitrogens with zero attached hydrogens (tertiary/aromatic N) is 1. The first kappa shape index (κ1) is 13.2. The molecule has 2 fully saturated rings. The summed E-state index contributed by atoms with van der Waals surface area (Å²) in [5.74, 6) is 2.95. The molecule has 3 rings (SSSR count). The maximum Gasteiger partial charge on any atom is 0.122 e. The fourth-order valence-corrected chi connectivity index (χ4v) is 4.10. The lowest BCUT2D eigenvalue weighted by Gasteiger charge is -2.47. The Balaban J connectivity index is 1.81. The Morgan fingerprint density at radius 2 is 2.05 bits per heavy atom. The van der Waals surface area contributed by atoms with Gasteiger partial charge in [-0.1, -0.05) is 12.8 Å². The molecule has 3 heteroatoms. The molecule has 0 radical (unpaired) electrons. The van der Waals surface area contributed by atoms with Gasteiger partial charge in [-0.3, -0.25) is 4.90 Å². The summed E-state index contributed by atoms with van der Waals surface area (Å²) in [5.41, 5.74) is 6.07. The Morgan fingerprint density at radius 3 is 2.79 bits per heavy atom. The largest absolute Gasteiger partial charge is 0.465 e. The van der Waals surface area contributed by atoms with E-state index in [9.17, 15) is 0 Å². The van der Waals surface area contributed by atoms with Crippen LogP contribution in [0.1, 0.15) is 56.1 Å². The number of nitrogens with two attached hydrogens (primary N) is 1. The fraction of sp³-hybridized carbons (Fsp3) is 0.750. The van der Waals surface area contributed by atoms with Crippen LogP contribution in [0.15, 0.2) is 16.5 Å². The maximum atomic E-state index is 6.07. The quantitative estimate of drug-likeness (QED) is 0.909. The number of piperidine rings is 1. The molecule has 106 valence electrons. The number of hydrogen-bond donors (Lipinski definition) is 1. The monoisotopic (exact) mass is 262 g/mol. The molecule has 3 nitrogen and oxygen atoms in total. The third-order valence-corrected chi connectivity index (χ3v) is 5.00. The van der Waals surface area contributed by atoms with Crippen LogP contribution in [0.3, 0.4) is 0 Å². The minimum absolute atomic E-state index is 0.277. The van der Waals surface area contributed by atoms with E-state index < -0.39 is 0 Å². The highest BCUT2D eigenvalue weighted by Gasteiger charge is 2.37. The van der Waals surface area contributed by atoms with Gasteiger partial charge in [0.15, 0.2) is 0 Å². The maximum absolute atomic E-state index is 6.07. The van der Waals surface area contributed by atoms with Crippen LogP contribution >= 0.6 is 0 Å². The number of likely N-dealkylation sites (tertiary alicyclic amines) is 1. The molecule has 1 saturated carbocycles. The van der Waals surface area contributed by atoms with Gasteiger partial charge < -0.3 is 10.2 Å². The summed E-state index contributed by atoms with van der Waals surface area (Å²) >= 11 is 0. The van der Waals surface area contributed by atoms with Gasteiger partial charge in [-0.15, -0.1) is 0 Å². The van der Waals surface area contributed by atoms with E-state index in [2.05, 4.69) is 17.0 Å². The van der Waals surface area contributed by atoms with Crippen LogP contribution in [0.25, 0.3) is 0 Å². The average molecular weight is 262 g/mol. The molecule has 19 heavy (non-hydrogen) atoms. The van der Waals surface area contributed by atoms with E-state index in [-0.39, 0.29) is 6.04 Å². The molecule has 2 aliphatic rings. The summed E-state index contributed by atoms with van der Waals surface area (Å²) in [7, 11) is 0. The van der Waals surface area contributed by atoms with Gasteiger partial charge in [0, 0.05) is 12.6 Å². The minimum atomic E-state index is 0.277. The van der Waals surface area contributed by atoms with Crippen LogP contribution in [0.5, 0.6) is 0 Å². The molecule has 1 aromatic heterocycles. The van der Waals surface area contributed by atoms with E-state index in [1.165, 1.54) is 45.1 Å². The lowest BCUT2D eigenvalue weighted by atomic mass is 9.77. The molecule has 2 N–H and O–H groups in total. The van der Waals surface area contributed by atoms with Crippen LogP contribution in [0.4, 0.5) is 0 Å². The Labute approximate surface area is 116 Å². The van der Waals surface area contributed by atoms with Gasteiger partial charge in [-0.25, -0.2) is 0 Å². The highest BCUT2D eigenvalue weighted by Crippen LogP contribution is 2.39. The zero-order chi connectivity index (χ0) is 13.2. The topological polar surface area (TPSA) is 42.4 Å². The van der Waals surface area contributed by atoms with Gasteiger partial charge in [-0.05, 0) is 57.2 Å². The van der Waals surface area contributed by atoms with E-state index >= 15 is 0 Å². The first-order valence-electron chi connectivity index (χ1n) is 7.81. The van der Waals surface area contributed by atoms with Gasteiger partial charge in [0.05, 0.1) is 6.04 Å². The van der Waals surface area contributed by atoms with Crippen LogP contribution in [-0.4, -0.2) is 24.0 Å². The molecule has 1 aliphatic heterocycles. The van der Waals surface area contributed by atoms with E-state index in [1.54, 1.807) is 0 Å². The van der Waals surface area contributed by atoms with Gasteiger partial charge >= 0.3 is 0 Å². The highest BCUT2D eigenvalue weighted by molar-refractivity contribution is 5.11. The molecule has 1 unspecified atom stereocenters. The SMILES string of the molecule is Cc1ccc(C(CN)N2CCC[C@H]3CCCC[C@H]32)o1. The van der Waals surface area contributed by atoms with Crippen LogP contribution < -0.4 is 5.73 Å². The van der Waals surface area contributed by atoms with Crippen molar-refractivity contribution >= 4 is 0 Å². The highest BCUT2D eigenvalue weighted by atomic mass is 16.3. The van der Waals surface area contributed by atoms with Crippen molar-refractivity contribution in [3.8, 4) is 0 Å². The third-order valence-electron chi connectivity index (χ3n) is 5.00. The molecule has 1 aliphatic carbocycles. The molecule has 1 aromatic rings. The van der Waals surface area contributed by atoms with Crippen molar-refractivity contribution in [2.24, 2.45) is 11.7 Å². The van der Waals surface area contributed by atoms with Crippen molar-refractivity contribution < 1.29 is 4.42 Å². The molecule has 1 saturated heterocycles. The number of hydrogen-bond acceptors (Lipinski definition) is 3. The van der Waals surface area contributed by atoms with E-state index in [0.29, 0.717) is 6.54 Å². The van der Waals surface area contributed by atoms with Crippen molar-refractivity contribution in [2.75, 3.05) is 13.1 Å². The molecule has 0 spiro atoms. The number of furan rings is 1. The van der Waals surface area contributed by atoms with Gasteiger partial charge in [0.2, 0.25) is 0 Å². The van der Waals surface area contributed by atoms with Crippen molar-refractivity contribution in [2.45, 2.75) is 57.5 Å². The molecular weight excluding hydrogens is 236 g/mol. The Bertz CT molecular complexity index is 413. The summed E-state index contributed by atoms with van der Waals surface area (Å²) in [6.45, 7) is 3.86. The van der Waals surface area contributed by atoms with E-state index in [0.717, 1.165) is 23.5 Å². The number of aryl methyl sites for hydroxylation is 1. The first-order chi connectivity index (χ1) is 9.29. The van der Waals surface area contributed by atoms with Crippen molar-refractivity contribution in [3.63, 3.8) is 0 Å². The van der Waals surface area contributed by atoms with Crippen LogP contribution in [-0.2, 0) is 0 Å². The van der Waals surface area contributed by atoms with E-state index in [4.69, 9.17) is 10.2 Å². The predicted octanol–water partition coefficient (Wildman–Crippen LogP) is 3.24. The minimum Gasteiger partial charge on any atom is -0.465 e. The molecule has 3 atom stereocenters. The van der Waals surface area contributed by atoms with E-state index in [1.807, 2.05) is 6.92 Å². The average Bonchev–Trinajstić information content (AvgIpc) is 2.86. The molecule has 0 aromatic carbocycles. The summed E-state index contributed by atoms with van der Waals surface area (Å²) in [6.07, 6.45) is 8.29. The summed E-state index contributed by atoms with van der Waals surface area (Å²) < 4.78 is 5.85. The zero-order valence-electron chi connectivity index (χ0n) is 12.0.